The fourth-order valence-electron chi connectivity index (χ4n) is 1.02. The number of nitrogens with one attached hydrogen (secondary N) is 2. The standard InChI is InChI=1S/C9H12N2O6S2/c12-7(11-17-6-8(13)14)3-4-10-19(15,16)9-2-1-5-18-9/h1-2,5,10H,3-4,6H2,(H,11,12)(H,13,14). The third-order valence-corrected chi connectivity index (χ3v) is 4.64. The van der Waals surface area contributed by atoms with E-state index in [2.05, 4.69) is 9.56 Å². The van der Waals surface area contributed by atoms with Crippen molar-refractivity contribution in [1.82, 2.24) is 10.2 Å². The van der Waals surface area contributed by atoms with Crippen LogP contribution in [0.5, 0.6) is 0 Å². The molecule has 0 atom stereocenters. The molecule has 0 aliphatic heterocycles. The summed E-state index contributed by atoms with van der Waals surface area (Å²) in [6.45, 7) is -0.769. The van der Waals surface area contributed by atoms with Gasteiger partial charge in [-0.3, -0.25) is 9.63 Å². The zero-order valence-electron chi connectivity index (χ0n) is 9.66. The lowest BCUT2D eigenvalue weighted by molar-refractivity contribution is -0.149. The lowest BCUT2D eigenvalue weighted by atomic mass is 10.4. The van der Waals surface area contributed by atoms with Gasteiger partial charge in [-0.25, -0.2) is 23.4 Å². The molecule has 0 bridgehead atoms. The predicted molar refractivity (Wildman–Crippen MR) is 65.9 cm³/mol. The van der Waals surface area contributed by atoms with Gasteiger partial charge in [0.15, 0.2) is 6.61 Å². The van der Waals surface area contributed by atoms with Crippen LogP contribution in [0.3, 0.4) is 0 Å². The monoisotopic (exact) mass is 308 g/mol. The largest absolute Gasteiger partial charge is 0.479 e. The van der Waals surface area contributed by atoms with E-state index in [0.717, 1.165) is 11.3 Å². The van der Waals surface area contributed by atoms with Gasteiger partial charge < -0.3 is 5.11 Å². The first-order valence-corrected chi connectivity index (χ1v) is 7.43. The number of hydroxylamine groups is 1. The molecule has 1 heterocycles. The number of sulfonamides is 1. The molecule has 0 fully saturated rings. The number of carbonyl (C=O) groups excluding carboxylic acids is 1. The van der Waals surface area contributed by atoms with Crippen LogP contribution in [0, 0.1) is 0 Å². The summed E-state index contributed by atoms with van der Waals surface area (Å²) in [6.07, 6.45) is -0.162. The second-order valence-corrected chi connectivity index (χ2v) is 6.23. The molecule has 0 aliphatic carbocycles. The van der Waals surface area contributed by atoms with Gasteiger partial charge in [0.25, 0.3) is 0 Å². The number of carboxylic acids is 1. The van der Waals surface area contributed by atoms with Crippen LogP contribution in [0.25, 0.3) is 0 Å². The molecule has 0 unspecified atom stereocenters. The maximum Gasteiger partial charge on any atom is 0.332 e. The molecule has 0 aliphatic rings. The van der Waals surface area contributed by atoms with Crippen molar-refractivity contribution in [3.05, 3.63) is 17.5 Å². The minimum Gasteiger partial charge on any atom is -0.479 e. The molecule has 1 aromatic heterocycles. The van der Waals surface area contributed by atoms with Crippen molar-refractivity contribution in [3.8, 4) is 0 Å². The van der Waals surface area contributed by atoms with Gasteiger partial charge in [-0.1, -0.05) is 6.07 Å². The average Bonchev–Trinajstić information content (AvgIpc) is 2.82. The van der Waals surface area contributed by atoms with Crippen LogP contribution in [-0.2, 0) is 24.4 Å². The normalized spacial score (nSPS) is 11.2. The molecular formula is C9H12N2O6S2. The fraction of sp³-hybridized carbons (Fsp3) is 0.333. The number of carbonyl (C=O) groups is 2. The Hall–Kier alpha value is -1.49. The molecule has 0 saturated heterocycles. The molecule has 19 heavy (non-hydrogen) atoms. The Morgan fingerprint density at radius 1 is 1.42 bits per heavy atom. The molecule has 106 valence electrons. The first-order chi connectivity index (χ1) is 8.92. The second kappa shape index (κ2) is 7.19. The number of rotatable bonds is 8. The van der Waals surface area contributed by atoms with Crippen LogP contribution in [0.4, 0.5) is 0 Å². The lowest BCUT2D eigenvalue weighted by Crippen LogP contribution is -2.31. The second-order valence-electron chi connectivity index (χ2n) is 3.29. The summed E-state index contributed by atoms with van der Waals surface area (Å²) in [5.74, 6) is -1.84. The molecule has 0 saturated carbocycles. The quantitative estimate of drug-likeness (QED) is 0.559. The van der Waals surface area contributed by atoms with Crippen molar-refractivity contribution in [3.63, 3.8) is 0 Å². The molecule has 0 aromatic carbocycles. The van der Waals surface area contributed by atoms with Crippen molar-refractivity contribution in [2.24, 2.45) is 0 Å². The van der Waals surface area contributed by atoms with Gasteiger partial charge in [-0.15, -0.1) is 11.3 Å². The topological polar surface area (TPSA) is 122 Å². The van der Waals surface area contributed by atoms with Crippen molar-refractivity contribution in [2.75, 3.05) is 13.2 Å². The summed E-state index contributed by atoms with van der Waals surface area (Å²) in [4.78, 5) is 25.6. The smallest absolute Gasteiger partial charge is 0.332 e. The van der Waals surface area contributed by atoms with Crippen molar-refractivity contribution >= 4 is 33.2 Å². The molecular weight excluding hydrogens is 296 g/mol. The molecule has 1 rings (SSSR count). The van der Waals surface area contributed by atoms with Crippen molar-refractivity contribution in [1.29, 1.82) is 0 Å². The van der Waals surface area contributed by atoms with Crippen molar-refractivity contribution < 1.29 is 28.0 Å². The Kier molecular flexibility index (Phi) is 5.89. The summed E-state index contributed by atoms with van der Waals surface area (Å²) in [5.41, 5.74) is 1.88. The molecule has 10 heteroatoms. The van der Waals surface area contributed by atoms with Crippen molar-refractivity contribution in [2.45, 2.75) is 10.6 Å². The number of hydrogen-bond acceptors (Lipinski definition) is 6. The van der Waals surface area contributed by atoms with Gasteiger partial charge in [0.2, 0.25) is 15.9 Å². The zero-order chi connectivity index (χ0) is 14.3. The molecule has 0 spiro atoms. The van der Waals surface area contributed by atoms with E-state index >= 15 is 0 Å². The SMILES string of the molecule is O=C(O)CONC(=O)CCNS(=O)(=O)c1cccs1. The van der Waals surface area contributed by atoms with E-state index < -0.39 is 28.5 Å². The first-order valence-electron chi connectivity index (χ1n) is 5.07. The van der Waals surface area contributed by atoms with Gasteiger partial charge in [-0.05, 0) is 11.4 Å². The van der Waals surface area contributed by atoms with E-state index in [1.165, 1.54) is 6.07 Å². The molecule has 8 nitrogen and oxygen atoms in total. The van der Waals surface area contributed by atoms with Gasteiger partial charge in [0, 0.05) is 13.0 Å². The molecule has 3 N–H and O–H groups in total. The highest BCUT2D eigenvalue weighted by molar-refractivity contribution is 7.91. The number of carboxylic acid groups (broad SMARTS) is 1. The highest BCUT2D eigenvalue weighted by Crippen LogP contribution is 2.14. The number of hydrogen-bond donors (Lipinski definition) is 3. The summed E-state index contributed by atoms with van der Waals surface area (Å²) < 4.78 is 25.7. The Balaban J connectivity index is 2.27. The van der Waals surface area contributed by atoms with Gasteiger partial charge in [0.1, 0.15) is 4.21 Å². The van der Waals surface area contributed by atoms with Crippen LogP contribution in [0.1, 0.15) is 6.42 Å². The van der Waals surface area contributed by atoms with Crippen LogP contribution in [0.2, 0.25) is 0 Å². The Labute approximate surface area is 113 Å². The zero-order valence-corrected chi connectivity index (χ0v) is 11.3. The van der Waals surface area contributed by atoms with Crippen LogP contribution in [0.15, 0.2) is 21.7 Å². The van der Waals surface area contributed by atoms with Gasteiger partial charge in [0.05, 0.1) is 0 Å². The molecule has 0 radical (unpaired) electrons. The average molecular weight is 308 g/mol. The van der Waals surface area contributed by atoms with Crippen LogP contribution in [-0.4, -0.2) is 38.6 Å². The third kappa shape index (κ3) is 5.79. The maximum absolute atomic E-state index is 11.6. The number of amides is 1. The number of thiophene rings is 1. The van der Waals surface area contributed by atoms with Gasteiger partial charge in [-0.2, -0.15) is 0 Å². The van der Waals surface area contributed by atoms with Crippen LogP contribution < -0.4 is 10.2 Å². The first kappa shape index (κ1) is 15.6. The summed E-state index contributed by atoms with van der Waals surface area (Å²) >= 11 is 1.06. The minimum absolute atomic E-state index is 0.109. The Bertz CT molecular complexity index is 525. The van der Waals surface area contributed by atoms with E-state index in [-0.39, 0.29) is 17.2 Å². The summed E-state index contributed by atoms with van der Waals surface area (Å²) in [7, 11) is -3.59. The minimum atomic E-state index is -3.59. The fourth-order valence-corrected chi connectivity index (χ4v) is 3.09. The van der Waals surface area contributed by atoms with Gasteiger partial charge >= 0.3 is 5.97 Å². The van der Waals surface area contributed by atoms with E-state index in [4.69, 9.17) is 5.11 Å². The highest BCUT2D eigenvalue weighted by atomic mass is 32.2. The van der Waals surface area contributed by atoms with E-state index in [9.17, 15) is 18.0 Å². The molecule has 1 aromatic rings. The molecule has 1 amide bonds. The van der Waals surface area contributed by atoms with E-state index in [0.29, 0.717) is 0 Å². The third-order valence-electron chi connectivity index (χ3n) is 1.79. The highest BCUT2D eigenvalue weighted by Gasteiger charge is 2.14. The Morgan fingerprint density at radius 3 is 2.74 bits per heavy atom. The number of aliphatic carboxylic acids is 1. The summed E-state index contributed by atoms with van der Waals surface area (Å²) in [5, 5.41) is 9.87. The lowest BCUT2D eigenvalue weighted by Gasteiger charge is -2.05. The Morgan fingerprint density at radius 2 is 2.16 bits per heavy atom. The maximum atomic E-state index is 11.6. The van der Waals surface area contributed by atoms with E-state index in [1.807, 2.05) is 5.48 Å². The predicted octanol–water partition coefficient (Wildman–Crippen LogP) is -0.451. The van der Waals surface area contributed by atoms with E-state index in [1.54, 1.807) is 11.4 Å². The summed E-state index contributed by atoms with van der Waals surface area (Å²) in [6, 6.07) is 3.05. The van der Waals surface area contributed by atoms with Crippen LogP contribution >= 0.6 is 11.3 Å².